The molecule has 1 amide bonds. The maximum atomic E-state index is 12.9. The molecule has 2 N–H and O–H groups in total. The van der Waals surface area contributed by atoms with Crippen molar-refractivity contribution in [1.29, 1.82) is 0 Å². The number of rotatable bonds is 4. The summed E-state index contributed by atoms with van der Waals surface area (Å²) < 4.78 is 5.32. The lowest BCUT2D eigenvalue weighted by atomic mass is 10.0. The zero-order chi connectivity index (χ0) is 18.7. The fraction of sp³-hybridized carbons (Fsp3) is 0.350. The SMILES string of the molecule is COc1cc(N)c(Cl)cc1C(=O)N1CCC(N(C)c2ccccc2)CC1.Cl.Cl. The van der Waals surface area contributed by atoms with Crippen LogP contribution in [0.3, 0.4) is 0 Å². The van der Waals surface area contributed by atoms with Gasteiger partial charge in [-0.2, -0.15) is 0 Å². The molecule has 0 bridgehead atoms. The third kappa shape index (κ3) is 5.16. The number of carbonyl (C=O) groups is 1. The minimum atomic E-state index is -0.0652. The van der Waals surface area contributed by atoms with Gasteiger partial charge in [0.15, 0.2) is 0 Å². The van der Waals surface area contributed by atoms with Gasteiger partial charge in [-0.05, 0) is 31.0 Å². The van der Waals surface area contributed by atoms with Crippen LogP contribution in [-0.4, -0.2) is 44.1 Å². The number of likely N-dealkylation sites (tertiary alicyclic amines) is 1. The number of hydrogen-bond donors (Lipinski definition) is 1. The Morgan fingerprint density at radius 3 is 2.36 bits per heavy atom. The van der Waals surface area contributed by atoms with Crippen molar-refractivity contribution in [3.63, 3.8) is 0 Å². The first-order valence-electron chi connectivity index (χ1n) is 8.71. The number of piperidine rings is 1. The summed E-state index contributed by atoms with van der Waals surface area (Å²) in [4.78, 5) is 17.1. The predicted molar refractivity (Wildman–Crippen MR) is 121 cm³/mol. The van der Waals surface area contributed by atoms with Gasteiger partial charge >= 0.3 is 0 Å². The van der Waals surface area contributed by atoms with Crippen LogP contribution in [0.1, 0.15) is 23.2 Å². The second kappa shape index (κ2) is 10.6. The van der Waals surface area contributed by atoms with Crippen molar-refractivity contribution in [2.24, 2.45) is 0 Å². The van der Waals surface area contributed by atoms with Crippen LogP contribution in [0, 0.1) is 0 Å². The molecule has 1 heterocycles. The van der Waals surface area contributed by atoms with E-state index in [4.69, 9.17) is 22.1 Å². The van der Waals surface area contributed by atoms with Gasteiger partial charge in [-0.1, -0.05) is 29.8 Å². The minimum Gasteiger partial charge on any atom is -0.496 e. The van der Waals surface area contributed by atoms with E-state index in [2.05, 4.69) is 24.1 Å². The number of nitrogens with zero attached hydrogens (tertiary/aromatic N) is 2. The predicted octanol–water partition coefficient (Wildman–Crippen LogP) is 4.52. The first-order valence-corrected chi connectivity index (χ1v) is 9.09. The van der Waals surface area contributed by atoms with Crippen molar-refractivity contribution in [2.75, 3.05) is 37.9 Å². The summed E-state index contributed by atoms with van der Waals surface area (Å²) in [6.07, 6.45) is 1.84. The highest BCUT2D eigenvalue weighted by molar-refractivity contribution is 6.33. The molecule has 3 rings (SSSR count). The molecule has 1 aliphatic rings. The lowest BCUT2D eigenvalue weighted by molar-refractivity contribution is 0.0710. The number of carbonyl (C=O) groups excluding carboxylic acids is 1. The third-order valence-electron chi connectivity index (χ3n) is 5.01. The van der Waals surface area contributed by atoms with Gasteiger partial charge < -0.3 is 20.3 Å². The Bertz CT molecular complexity index is 782. The van der Waals surface area contributed by atoms with Crippen molar-refractivity contribution in [3.8, 4) is 5.75 Å². The Morgan fingerprint density at radius 1 is 1.18 bits per heavy atom. The van der Waals surface area contributed by atoms with Crippen LogP contribution in [0.2, 0.25) is 5.02 Å². The van der Waals surface area contributed by atoms with Gasteiger partial charge in [0.05, 0.1) is 23.4 Å². The quantitative estimate of drug-likeness (QED) is 0.702. The maximum Gasteiger partial charge on any atom is 0.257 e. The molecule has 0 aliphatic carbocycles. The van der Waals surface area contributed by atoms with Crippen LogP contribution in [0.4, 0.5) is 11.4 Å². The van der Waals surface area contributed by atoms with Crippen LogP contribution < -0.4 is 15.4 Å². The Kier molecular flexibility index (Phi) is 9.21. The number of nitrogen functional groups attached to an aromatic ring is 1. The fourth-order valence-corrected chi connectivity index (χ4v) is 3.57. The molecule has 2 aromatic rings. The van der Waals surface area contributed by atoms with Crippen molar-refractivity contribution >= 4 is 53.7 Å². The Labute approximate surface area is 183 Å². The van der Waals surface area contributed by atoms with Gasteiger partial charge in [-0.15, -0.1) is 24.8 Å². The first kappa shape index (κ1) is 24.2. The molecule has 0 radical (unpaired) electrons. The Morgan fingerprint density at radius 2 is 1.79 bits per heavy atom. The summed E-state index contributed by atoms with van der Waals surface area (Å²) in [7, 11) is 3.64. The number of methoxy groups -OCH3 is 1. The molecule has 1 fully saturated rings. The number of amides is 1. The summed E-state index contributed by atoms with van der Waals surface area (Å²) in [5.41, 5.74) is 7.87. The summed E-state index contributed by atoms with van der Waals surface area (Å²) >= 11 is 6.10. The van der Waals surface area contributed by atoms with Crippen molar-refractivity contribution in [2.45, 2.75) is 18.9 Å². The molecule has 154 valence electrons. The van der Waals surface area contributed by atoms with E-state index in [0.29, 0.717) is 41.2 Å². The molecule has 28 heavy (non-hydrogen) atoms. The first-order chi connectivity index (χ1) is 12.5. The Hall–Kier alpha value is -1.82. The van der Waals surface area contributed by atoms with E-state index in [-0.39, 0.29) is 30.7 Å². The van der Waals surface area contributed by atoms with Gasteiger partial charge in [-0.25, -0.2) is 0 Å². The molecule has 1 saturated heterocycles. The van der Waals surface area contributed by atoms with Crippen LogP contribution in [-0.2, 0) is 0 Å². The topological polar surface area (TPSA) is 58.8 Å². The van der Waals surface area contributed by atoms with Gasteiger partial charge in [0, 0.05) is 37.9 Å². The van der Waals surface area contributed by atoms with E-state index < -0.39 is 0 Å². The van der Waals surface area contributed by atoms with Gasteiger partial charge in [0.25, 0.3) is 5.91 Å². The number of hydrogen-bond acceptors (Lipinski definition) is 4. The molecule has 0 atom stereocenters. The highest BCUT2D eigenvalue weighted by Gasteiger charge is 2.28. The van der Waals surface area contributed by atoms with Crippen LogP contribution in [0.5, 0.6) is 5.75 Å². The standard InChI is InChI=1S/C20H24ClN3O2.2ClH/c1-23(14-6-4-3-5-7-14)15-8-10-24(11-9-15)20(25)16-12-17(21)18(22)13-19(16)26-2;;/h3-7,12-13,15H,8-11,22H2,1-2H3;2*1H. The lowest BCUT2D eigenvalue weighted by Crippen LogP contribution is -2.45. The zero-order valence-corrected chi connectivity index (χ0v) is 18.3. The van der Waals surface area contributed by atoms with E-state index in [1.54, 1.807) is 12.1 Å². The second-order valence-electron chi connectivity index (χ2n) is 6.54. The summed E-state index contributed by atoms with van der Waals surface area (Å²) in [6, 6.07) is 13.9. The number of nitrogens with two attached hydrogens (primary N) is 1. The number of anilines is 2. The van der Waals surface area contributed by atoms with E-state index in [1.165, 1.54) is 12.8 Å². The molecule has 5 nitrogen and oxygen atoms in total. The lowest BCUT2D eigenvalue weighted by Gasteiger charge is -2.38. The minimum absolute atomic E-state index is 0. The largest absolute Gasteiger partial charge is 0.496 e. The monoisotopic (exact) mass is 445 g/mol. The molecular weight excluding hydrogens is 421 g/mol. The zero-order valence-electron chi connectivity index (χ0n) is 15.9. The van der Waals surface area contributed by atoms with Crippen molar-refractivity contribution in [1.82, 2.24) is 4.90 Å². The van der Waals surface area contributed by atoms with Crippen molar-refractivity contribution < 1.29 is 9.53 Å². The Balaban J connectivity index is 0.00000196. The highest BCUT2D eigenvalue weighted by Crippen LogP contribution is 2.31. The third-order valence-corrected chi connectivity index (χ3v) is 5.34. The summed E-state index contributed by atoms with van der Waals surface area (Å²) in [6.45, 7) is 1.40. The van der Waals surface area contributed by atoms with E-state index in [1.807, 2.05) is 23.1 Å². The number of halogens is 3. The molecule has 2 aromatic carbocycles. The average molecular weight is 447 g/mol. The highest BCUT2D eigenvalue weighted by atomic mass is 35.5. The van der Waals surface area contributed by atoms with Crippen LogP contribution in [0.25, 0.3) is 0 Å². The van der Waals surface area contributed by atoms with Crippen molar-refractivity contribution in [3.05, 3.63) is 53.1 Å². The molecule has 0 spiro atoms. The second-order valence-corrected chi connectivity index (χ2v) is 6.95. The molecule has 1 aliphatic heterocycles. The summed E-state index contributed by atoms with van der Waals surface area (Å²) in [5.74, 6) is 0.394. The summed E-state index contributed by atoms with van der Waals surface area (Å²) in [5, 5.41) is 0.368. The van der Waals surface area contributed by atoms with E-state index >= 15 is 0 Å². The average Bonchev–Trinajstić information content (AvgIpc) is 2.69. The molecule has 0 aromatic heterocycles. The fourth-order valence-electron chi connectivity index (χ4n) is 3.41. The van der Waals surface area contributed by atoms with Gasteiger partial charge in [0.2, 0.25) is 0 Å². The van der Waals surface area contributed by atoms with Gasteiger partial charge in [-0.3, -0.25) is 4.79 Å². The van der Waals surface area contributed by atoms with Crippen LogP contribution >= 0.6 is 36.4 Å². The molecule has 0 saturated carbocycles. The molecule has 8 heteroatoms. The maximum absolute atomic E-state index is 12.9. The van der Waals surface area contributed by atoms with E-state index in [9.17, 15) is 4.79 Å². The normalized spacial score (nSPS) is 13.9. The molecule has 0 unspecified atom stereocenters. The number of benzene rings is 2. The van der Waals surface area contributed by atoms with Crippen LogP contribution in [0.15, 0.2) is 42.5 Å². The van der Waals surface area contributed by atoms with E-state index in [0.717, 1.165) is 12.8 Å². The van der Waals surface area contributed by atoms with Gasteiger partial charge in [0.1, 0.15) is 5.75 Å². The number of para-hydroxylation sites is 1. The smallest absolute Gasteiger partial charge is 0.257 e. The molecular formula is C20H26Cl3N3O2. The number of ether oxygens (including phenoxy) is 1.